The van der Waals surface area contributed by atoms with Crippen LogP contribution in [0.4, 0.5) is 28.7 Å². The molecule has 1 unspecified atom stereocenters. The molecule has 12 heteroatoms. The van der Waals surface area contributed by atoms with Crippen LogP contribution in [-0.4, -0.2) is 44.3 Å². The minimum Gasteiger partial charge on any atom is -0.497 e. The first-order valence-electron chi connectivity index (χ1n) is 11.8. The summed E-state index contributed by atoms with van der Waals surface area (Å²) in [6.07, 6.45) is 1.47. The number of carbonyl (C=O) groups excluding carboxylic acids is 1. The Labute approximate surface area is 226 Å². The van der Waals surface area contributed by atoms with Gasteiger partial charge in [-0.2, -0.15) is 0 Å². The third-order valence-electron chi connectivity index (χ3n) is 6.30. The van der Waals surface area contributed by atoms with Crippen molar-refractivity contribution in [3.05, 3.63) is 71.8 Å². The first-order valence-corrected chi connectivity index (χ1v) is 13.2. The average molecular weight is 553 g/mol. The molecular formula is C26H25ClN6O4S. The number of halogens is 1. The van der Waals surface area contributed by atoms with Gasteiger partial charge < -0.3 is 20.7 Å². The topological polar surface area (TPSA) is 134 Å². The number of hydrogen-bond acceptors (Lipinski definition) is 7. The lowest BCUT2D eigenvalue weighted by molar-refractivity contribution is -0.119. The van der Waals surface area contributed by atoms with Gasteiger partial charge in [0.05, 0.1) is 34.5 Å². The molecule has 1 aliphatic heterocycles. The second-order valence-corrected chi connectivity index (χ2v) is 9.89. The Bertz CT molecular complexity index is 1540. The molecule has 2 heterocycles. The highest BCUT2D eigenvalue weighted by Crippen LogP contribution is 2.38. The number of nitrogens with zero attached hydrogens (tertiary/aromatic N) is 4. The minimum atomic E-state index is -2.53. The first kappa shape index (κ1) is 25.7. The van der Waals surface area contributed by atoms with Crippen molar-refractivity contribution in [2.24, 2.45) is 5.73 Å². The smallest absolute Gasteiger partial charge is 0.268 e. The van der Waals surface area contributed by atoms with E-state index in [1.54, 1.807) is 55.6 Å². The number of nitrogens with one attached hydrogen (secondary N) is 1. The van der Waals surface area contributed by atoms with Crippen molar-refractivity contribution in [2.45, 2.75) is 18.9 Å². The number of aromatic nitrogens is 2. The third-order valence-corrected chi connectivity index (χ3v) is 7.33. The number of hydrogen-bond donors (Lipinski definition) is 3. The fraction of sp³-hybridized carbons (Fsp3) is 0.192. The monoisotopic (exact) mass is 552 g/mol. The molecule has 196 valence electrons. The van der Waals surface area contributed by atoms with Crippen molar-refractivity contribution < 1.29 is 18.3 Å². The molecule has 3 aromatic carbocycles. The number of amides is 1. The van der Waals surface area contributed by atoms with Gasteiger partial charge in [0.15, 0.2) is 11.6 Å². The molecular weight excluding hydrogens is 528 g/mol. The number of primary amides is 1. The maximum atomic E-state index is 12.8. The van der Waals surface area contributed by atoms with E-state index < -0.39 is 23.2 Å². The first-order chi connectivity index (χ1) is 18.4. The van der Waals surface area contributed by atoms with Crippen LogP contribution < -0.4 is 25.0 Å². The zero-order valence-electron chi connectivity index (χ0n) is 20.4. The summed E-state index contributed by atoms with van der Waals surface area (Å²) in [6.45, 7) is 0.649. The molecule has 2 atom stereocenters. The van der Waals surface area contributed by atoms with Crippen molar-refractivity contribution in [3.63, 3.8) is 0 Å². The summed E-state index contributed by atoms with van der Waals surface area (Å²) < 4.78 is 29.8. The molecule has 1 aromatic heterocycles. The Hall–Kier alpha value is -3.93. The van der Waals surface area contributed by atoms with E-state index in [1.807, 2.05) is 23.1 Å². The summed E-state index contributed by atoms with van der Waals surface area (Å²) in [7, 11) is 1.54. The molecule has 1 saturated heterocycles. The summed E-state index contributed by atoms with van der Waals surface area (Å²) in [6, 6.07) is 18.9. The number of nitrogens with two attached hydrogens (primary N) is 1. The Morgan fingerprint density at radius 3 is 2.63 bits per heavy atom. The zero-order chi connectivity index (χ0) is 26.8. The number of anilines is 5. The van der Waals surface area contributed by atoms with Crippen LogP contribution in [0, 0.1) is 0 Å². The van der Waals surface area contributed by atoms with Gasteiger partial charge in [0.1, 0.15) is 11.8 Å². The maximum Gasteiger partial charge on any atom is 0.268 e. The van der Waals surface area contributed by atoms with E-state index in [0.29, 0.717) is 51.8 Å². The van der Waals surface area contributed by atoms with Gasteiger partial charge >= 0.3 is 0 Å². The molecule has 38 heavy (non-hydrogen) atoms. The van der Waals surface area contributed by atoms with Gasteiger partial charge in [0, 0.05) is 18.3 Å². The van der Waals surface area contributed by atoms with E-state index in [1.165, 1.54) is 0 Å². The maximum absolute atomic E-state index is 12.8. The van der Waals surface area contributed by atoms with Crippen molar-refractivity contribution in [3.8, 4) is 5.75 Å². The lowest BCUT2D eigenvalue weighted by atomic mass is 10.2. The number of methoxy groups -OCH3 is 1. The largest absolute Gasteiger partial charge is 0.497 e. The molecule has 10 nitrogen and oxygen atoms in total. The van der Waals surface area contributed by atoms with Crippen LogP contribution in [0.2, 0.25) is 5.02 Å². The average Bonchev–Trinajstić information content (AvgIpc) is 3.41. The fourth-order valence-corrected chi connectivity index (χ4v) is 5.26. The number of para-hydroxylation sites is 2. The highest BCUT2D eigenvalue weighted by Gasteiger charge is 2.30. The number of rotatable bonds is 8. The lowest BCUT2D eigenvalue weighted by Gasteiger charge is -2.27. The Balaban J connectivity index is 1.63. The molecule has 0 saturated carbocycles. The Kier molecular flexibility index (Phi) is 7.32. The Morgan fingerprint density at radius 1 is 1.16 bits per heavy atom. The fourth-order valence-electron chi connectivity index (χ4n) is 4.53. The van der Waals surface area contributed by atoms with Gasteiger partial charge in [-0.25, -0.2) is 18.5 Å². The number of fused-ring (bicyclic) bond motifs is 1. The van der Waals surface area contributed by atoms with Crippen molar-refractivity contribution in [1.82, 2.24) is 9.97 Å². The molecule has 5 rings (SSSR count). The normalized spacial score (nSPS) is 15.9. The SMILES string of the molecule is COc1ccc(Cl)c(Nc2nc3ccccc3nc2N(c2cccc(N3CCC[C@@H]3C(N)=O)c2)S(=O)O)c1. The number of carbonyl (C=O) groups is 1. The summed E-state index contributed by atoms with van der Waals surface area (Å²) in [5.41, 5.74) is 8.29. The van der Waals surface area contributed by atoms with E-state index in [9.17, 15) is 13.6 Å². The van der Waals surface area contributed by atoms with Crippen LogP contribution in [0.5, 0.6) is 5.75 Å². The predicted octanol–water partition coefficient (Wildman–Crippen LogP) is 4.76. The molecule has 4 N–H and O–H groups in total. The third kappa shape index (κ3) is 5.08. The summed E-state index contributed by atoms with van der Waals surface area (Å²) in [5.74, 6) is 0.478. The highest BCUT2D eigenvalue weighted by molar-refractivity contribution is 7.81. The summed E-state index contributed by atoms with van der Waals surface area (Å²) >= 11 is 3.90. The number of ether oxygens (including phenoxy) is 1. The second-order valence-electron chi connectivity index (χ2n) is 8.65. The molecule has 1 fully saturated rings. The summed E-state index contributed by atoms with van der Waals surface area (Å²) in [5, 5.41) is 3.56. The van der Waals surface area contributed by atoms with Crippen LogP contribution in [-0.2, 0) is 16.1 Å². The zero-order valence-corrected chi connectivity index (χ0v) is 21.9. The van der Waals surface area contributed by atoms with Crippen LogP contribution in [0.3, 0.4) is 0 Å². The lowest BCUT2D eigenvalue weighted by Crippen LogP contribution is -2.40. The van der Waals surface area contributed by atoms with E-state index in [0.717, 1.165) is 10.7 Å². The van der Waals surface area contributed by atoms with E-state index in [2.05, 4.69) is 5.32 Å². The van der Waals surface area contributed by atoms with E-state index in [4.69, 9.17) is 32.0 Å². The summed E-state index contributed by atoms with van der Waals surface area (Å²) in [4.78, 5) is 23.3. The molecule has 1 aliphatic rings. The Morgan fingerprint density at radius 2 is 1.92 bits per heavy atom. The van der Waals surface area contributed by atoms with Gasteiger partial charge in [0.25, 0.3) is 11.3 Å². The van der Waals surface area contributed by atoms with Gasteiger partial charge in [-0.15, -0.1) is 0 Å². The molecule has 0 spiro atoms. The quantitative estimate of drug-likeness (QED) is 0.266. The number of benzene rings is 3. The van der Waals surface area contributed by atoms with Gasteiger partial charge in [-0.3, -0.25) is 9.35 Å². The van der Waals surface area contributed by atoms with Crippen LogP contribution in [0.15, 0.2) is 66.7 Å². The molecule has 1 amide bonds. The van der Waals surface area contributed by atoms with E-state index >= 15 is 0 Å². The molecule has 0 bridgehead atoms. The van der Waals surface area contributed by atoms with Gasteiger partial charge in [0.2, 0.25) is 5.91 Å². The van der Waals surface area contributed by atoms with Gasteiger partial charge in [-0.1, -0.05) is 29.8 Å². The van der Waals surface area contributed by atoms with Crippen molar-refractivity contribution >= 4 is 68.5 Å². The van der Waals surface area contributed by atoms with Crippen molar-refractivity contribution in [1.29, 1.82) is 0 Å². The minimum absolute atomic E-state index is 0.105. The highest BCUT2D eigenvalue weighted by atomic mass is 35.5. The van der Waals surface area contributed by atoms with Crippen LogP contribution >= 0.6 is 11.6 Å². The molecule has 0 radical (unpaired) electrons. The van der Waals surface area contributed by atoms with Crippen LogP contribution in [0.1, 0.15) is 12.8 Å². The second kappa shape index (κ2) is 10.8. The van der Waals surface area contributed by atoms with Crippen LogP contribution in [0.25, 0.3) is 11.0 Å². The molecule has 0 aliphatic carbocycles. The standard InChI is InChI=1S/C26H25ClN6O4S/c1-37-18-11-12-19(27)22(15-18)30-25-26(31-21-9-3-2-8-20(21)29-25)33(38(35)36)17-7-4-6-16(14-17)32-13-5-10-23(32)24(28)34/h2-4,6-9,11-12,14-15,23H,5,10,13H2,1H3,(H2,28,34)(H,29,30)(H,35,36)/t23-/m1/s1. The van der Waals surface area contributed by atoms with E-state index in [-0.39, 0.29) is 11.6 Å². The molecule has 4 aromatic rings. The van der Waals surface area contributed by atoms with Crippen molar-refractivity contribution in [2.75, 3.05) is 28.2 Å². The predicted molar refractivity (Wildman–Crippen MR) is 150 cm³/mol. The van der Waals surface area contributed by atoms with Gasteiger partial charge in [-0.05, 0) is 55.3 Å².